The highest BCUT2D eigenvalue weighted by atomic mass is 15.1. The van der Waals surface area contributed by atoms with Gasteiger partial charge in [0.25, 0.3) is 0 Å². The number of hydrogen-bond donors (Lipinski definition) is 2. The molecule has 4 nitrogen and oxygen atoms in total. The first kappa shape index (κ1) is 15.3. The van der Waals surface area contributed by atoms with Gasteiger partial charge in [-0.15, -0.1) is 0 Å². The van der Waals surface area contributed by atoms with Crippen LogP contribution in [-0.4, -0.2) is 16.5 Å². The van der Waals surface area contributed by atoms with Gasteiger partial charge in [0.2, 0.25) is 5.95 Å². The minimum absolute atomic E-state index is 0.695. The van der Waals surface area contributed by atoms with E-state index in [0.717, 1.165) is 25.3 Å². The minimum atomic E-state index is 0.695. The molecule has 0 saturated heterocycles. The van der Waals surface area contributed by atoms with Gasteiger partial charge in [-0.25, -0.2) is 4.98 Å². The maximum Gasteiger partial charge on any atom is 0.224 e. The summed E-state index contributed by atoms with van der Waals surface area (Å²) in [6, 6.07) is 10.4. The topological polar surface area (TPSA) is 49.8 Å². The molecule has 112 valence electrons. The Morgan fingerprint density at radius 1 is 1.10 bits per heavy atom. The Bertz CT molecular complexity index is 554. The number of nitrogens with zero attached hydrogens (tertiary/aromatic N) is 2. The second kappa shape index (κ2) is 8.25. The lowest BCUT2D eigenvalue weighted by atomic mass is 10.1. The average Bonchev–Trinajstić information content (AvgIpc) is 2.50. The van der Waals surface area contributed by atoms with Gasteiger partial charge in [0.15, 0.2) is 0 Å². The highest BCUT2D eigenvalue weighted by Crippen LogP contribution is 2.10. The van der Waals surface area contributed by atoms with E-state index < -0.39 is 0 Å². The molecule has 4 heteroatoms. The van der Waals surface area contributed by atoms with Crippen molar-refractivity contribution in [2.75, 3.05) is 17.2 Å². The molecule has 1 aromatic heterocycles. The van der Waals surface area contributed by atoms with Crippen LogP contribution in [0.15, 0.2) is 36.5 Å². The monoisotopic (exact) mass is 284 g/mol. The van der Waals surface area contributed by atoms with Crippen molar-refractivity contribution >= 4 is 11.8 Å². The summed E-state index contributed by atoms with van der Waals surface area (Å²) >= 11 is 0. The molecule has 0 spiro atoms. The van der Waals surface area contributed by atoms with E-state index in [1.807, 2.05) is 6.07 Å². The third-order valence-electron chi connectivity index (χ3n) is 3.28. The summed E-state index contributed by atoms with van der Waals surface area (Å²) in [6.45, 7) is 6.00. The van der Waals surface area contributed by atoms with Crippen LogP contribution in [0.4, 0.5) is 11.8 Å². The highest BCUT2D eigenvalue weighted by Gasteiger charge is 1.99. The van der Waals surface area contributed by atoms with Gasteiger partial charge in [-0.3, -0.25) is 0 Å². The molecular formula is C17H24N4. The Balaban J connectivity index is 1.86. The first-order valence-corrected chi connectivity index (χ1v) is 7.64. The fourth-order valence-electron chi connectivity index (χ4n) is 2.13. The zero-order valence-corrected chi connectivity index (χ0v) is 12.9. The van der Waals surface area contributed by atoms with Crippen LogP contribution in [0.25, 0.3) is 0 Å². The minimum Gasteiger partial charge on any atom is -0.366 e. The molecule has 0 bridgehead atoms. The van der Waals surface area contributed by atoms with Crippen LogP contribution in [0.5, 0.6) is 0 Å². The number of hydrogen-bond acceptors (Lipinski definition) is 4. The van der Waals surface area contributed by atoms with Crippen LogP contribution < -0.4 is 10.6 Å². The van der Waals surface area contributed by atoms with Crippen LogP contribution in [0.3, 0.4) is 0 Å². The molecule has 1 heterocycles. The van der Waals surface area contributed by atoms with Crippen LogP contribution in [0, 0.1) is 6.92 Å². The van der Waals surface area contributed by atoms with Crippen molar-refractivity contribution in [3.63, 3.8) is 0 Å². The molecule has 2 aromatic rings. The largest absolute Gasteiger partial charge is 0.366 e. The second-order valence-electron chi connectivity index (χ2n) is 5.24. The van der Waals surface area contributed by atoms with Crippen LogP contribution in [0.2, 0.25) is 0 Å². The van der Waals surface area contributed by atoms with Gasteiger partial charge in [-0.1, -0.05) is 49.6 Å². The molecule has 0 aliphatic heterocycles. The normalized spacial score (nSPS) is 10.4. The Morgan fingerprint density at radius 3 is 2.81 bits per heavy atom. The van der Waals surface area contributed by atoms with Crippen molar-refractivity contribution < 1.29 is 0 Å². The molecule has 0 radical (unpaired) electrons. The predicted molar refractivity (Wildman–Crippen MR) is 88.6 cm³/mol. The van der Waals surface area contributed by atoms with Gasteiger partial charge in [-0.05, 0) is 25.0 Å². The number of benzene rings is 1. The van der Waals surface area contributed by atoms with Gasteiger partial charge in [-0.2, -0.15) is 4.98 Å². The number of aryl methyl sites for hydroxylation is 1. The lowest BCUT2D eigenvalue weighted by Crippen LogP contribution is -2.07. The summed E-state index contributed by atoms with van der Waals surface area (Å²) in [7, 11) is 0. The molecule has 1 aromatic carbocycles. The van der Waals surface area contributed by atoms with Crippen molar-refractivity contribution in [3.05, 3.63) is 47.7 Å². The van der Waals surface area contributed by atoms with Gasteiger partial charge in [0.1, 0.15) is 5.82 Å². The van der Waals surface area contributed by atoms with Gasteiger partial charge >= 0.3 is 0 Å². The molecular weight excluding hydrogens is 260 g/mol. The van der Waals surface area contributed by atoms with E-state index in [2.05, 4.69) is 58.7 Å². The molecule has 21 heavy (non-hydrogen) atoms. The number of anilines is 2. The van der Waals surface area contributed by atoms with Crippen LogP contribution in [-0.2, 0) is 6.54 Å². The highest BCUT2D eigenvalue weighted by molar-refractivity contribution is 5.40. The van der Waals surface area contributed by atoms with Crippen LogP contribution >= 0.6 is 0 Å². The predicted octanol–water partition coefficient (Wildman–Crippen LogP) is 4.00. The van der Waals surface area contributed by atoms with Crippen molar-refractivity contribution in [1.82, 2.24) is 9.97 Å². The zero-order valence-electron chi connectivity index (χ0n) is 12.9. The van der Waals surface area contributed by atoms with Crippen LogP contribution in [0.1, 0.15) is 37.3 Å². The van der Waals surface area contributed by atoms with Gasteiger partial charge in [0.05, 0.1) is 0 Å². The standard InChI is InChI=1S/C17H24N4/c1-3-4-5-10-18-17-19-11-9-16(21-17)20-13-15-8-6-7-14(2)12-15/h6-9,11-12H,3-5,10,13H2,1-2H3,(H2,18,19,20,21). The third-order valence-corrected chi connectivity index (χ3v) is 3.28. The zero-order chi connectivity index (χ0) is 14.9. The summed E-state index contributed by atoms with van der Waals surface area (Å²) in [5, 5.41) is 6.60. The SMILES string of the molecule is CCCCCNc1nccc(NCc2cccc(C)c2)n1. The summed E-state index contributed by atoms with van der Waals surface area (Å²) in [5.74, 6) is 1.55. The summed E-state index contributed by atoms with van der Waals surface area (Å²) in [4.78, 5) is 8.72. The third kappa shape index (κ3) is 5.42. The fraction of sp³-hybridized carbons (Fsp3) is 0.412. The number of unbranched alkanes of at least 4 members (excludes halogenated alkanes) is 2. The Morgan fingerprint density at radius 2 is 2.00 bits per heavy atom. The Hall–Kier alpha value is -2.10. The quantitative estimate of drug-likeness (QED) is 0.719. The molecule has 0 aliphatic carbocycles. The van der Waals surface area contributed by atoms with E-state index in [4.69, 9.17) is 0 Å². The number of nitrogens with one attached hydrogen (secondary N) is 2. The Labute approximate surface area is 127 Å². The van der Waals surface area contributed by atoms with E-state index in [1.54, 1.807) is 6.20 Å². The van der Waals surface area contributed by atoms with Crippen molar-refractivity contribution in [2.24, 2.45) is 0 Å². The van der Waals surface area contributed by atoms with E-state index in [-0.39, 0.29) is 0 Å². The fourth-order valence-corrected chi connectivity index (χ4v) is 2.13. The molecule has 0 unspecified atom stereocenters. The summed E-state index contributed by atoms with van der Waals surface area (Å²) in [5.41, 5.74) is 2.53. The molecule has 0 saturated carbocycles. The van der Waals surface area contributed by atoms with E-state index >= 15 is 0 Å². The van der Waals surface area contributed by atoms with Crippen molar-refractivity contribution in [2.45, 2.75) is 39.7 Å². The maximum atomic E-state index is 4.47. The molecule has 0 aliphatic rings. The number of aromatic nitrogens is 2. The average molecular weight is 284 g/mol. The van der Waals surface area contributed by atoms with Crippen molar-refractivity contribution in [3.8, 4) is 0 Å². The summed E-state index contributed by atoms with van der Waals surface area (Å²) in [6.07, 6.45) is 5.40. The molecule has 2 N–H and O–H groups in total. The van der Waals surface area contributed by atoms with E-state index in [1.165, 1.54) is 24.0 Å². The summed E-state index contributed by atoms with van der Waals surface area (Å²) < 4.78 is 0. The number of rotatable bonds is 8. The smallest absolute Gasteiger partial charge is 0.224 e. The van der Waals surface area contributed by atoms with Crippen molar-refractivity contribution in [1.29, 1.82) is 0 Å². The van der Waals surface area contributed by atoms with Gasteiger partial charge < -0.3 is 10.6 Å². The lowest BCUT2D eigenvalue weighted by molar-refractivity contribution is 0.740. The molecule has 0 fully saturated rings. The first-order chi connectivity index (χ1) is 10.3. The maximum absolute atomic E-state index is 4.47. The van der Waals surface area contributed by atoms with E-state index in [0.29, 0.717) is 5.95 Å². The lowest BCUT2D eigenvalue weighted by Gasteiger charge is -2.08. The molecule has 0 atom stereocenters. The van der Waals surface area contributed by atoms with Gasteiger partial charge in [0, 0.05) is 19.3 Å². The second-order valence-corrected chi connectivity index (χ2v) is 5.24. The molecule has 2 rings (SSSR count). The Kier molecular flexibility index (Phi) is 6.00. The molecule has 0 amide bonds. The first-order valence-electron chi connectivity index (χ1n) is 7.64. The van der Waals surface area contributed by atoms with E-state index in [9.17, 15) is 0 Å².